The van der Waals surface area contributed by atoms with E-state index in [-0.39, 0.29) is 17.7 Å². The summed E-state index contributed by atoms with van der Waals surface area (Å²) in [6.07, 6.45) is 0. The number of nitrogens with zero attached hydrogens (tertiary/aromatic N) is 1. The number of fused-ring (bicyclic) bond motifs is 1. The van der Waals surface area contributed by atoms with Gasteiger partial charge in [-0.1, -0.05) is 18.2 Å². The molecule has 0 aromatic heterocycles. The van der Waals surface area contributed by atoms with Crippen LogP contribution in [0.2, 0.25) is 0 Å². The maximum Gasteiger partial charge on any atom is 0.352 e. The van der Waals surface area contributed by atoms with Gasteiger partial charge in [-0.25, -0.2) is 4.79 Å². The Kier molecular flexibility index (Phi) is 4.48. The molecule has 126 valence electrons. The van der Waals surface area contributed by atoms with Gasteiger partial charge in [-0.3, -0.25) is 14.5 Å². The van der Waals surface area contributed by atoms with Crippen LogP contribution in [-0.2, 0) is 14.4 Å². The van der Waals surface area contributed by atoms with Gasteiger partial charge >= 0.3 is 5.97 Å². The number of carboxylic acids is 1. The summed E-state index contributed by atoms with van der Waals surface area (Å²) < 4.78 is 5.34. The highest BCUT2D eigenvalue weighted by Crippen LogP contribution is 2.40. The first-order valence-corrected chi connectivity index (χ1v) is 8.39. The van der Waals surface area contributed by atoms with Gasteiger partial charge in [-0.05, 0) is 24.6 Å². The van der Waals surface area contributed by atoms with E-state index in [2.05, 4.69) is 5.32 Å². The van der Waals surface area contributed by atoms with Crippen LogP contribution < -0.4 is 10.1 Å². The molecule has 1 fully saturated rings. The van der Waals surface area contributed by atoms with Gasteiger partial charge in [0.05, 0.1) is 0 Å². The highest BCUT2D eigenvalue weighted by Gasteiger charge is 2.53. The lowest BCUT2D eigenvalue weighted by Crippen LogP contribution is -2.70. The summed E-state index contributed by atoms with van der Waals surface area (Å²) in [4.78, 5) is 36.8. The molecule has 2 aliphatic heterocycles. The minimum Gasteiger partial charge on any atom is -0.484 e. The Hall–Kier alpha value is -2.48. The molecule has 2 N–H and O–H groups in total. The maximum absolute atomic E-state index is 12.2. The van der Waals surface area contributed by atoms with Crippen LogP contribution >= 0.6 is 11.8 Å². The lowest BCUT2D eigenvalue weighted by Gasteiger charge is -2.49. The van der Waals surface area contributed by atoms with Crippen LogP contribution in [0.15, 0.2) is 41.6 Å². The molecule has 2 amide bonds. The Bertz CT molecular complexity index is 718. The fourth-order valence-corrected chi connectivity index (χ4v) is 3.95. The van der Waals surface area contributed by atoms with Gasteiger partial charge in [-0.2, -0.15) is 0 Å². The lowest BCUT2D eigenvalue weighted by atomic mass is 10.0. The van der Waals surface area contributed by atoms with Gasteiger partial charge in [0.2, 0.25) is 0 Å². The largest absolute Gasteiger partial charge is 0.484 e. The van der Waals surface area contributed by atoms with Gasteiger partial charge in [-0.15, -0.1) is 11.8 Å². The molecule has 1 aromatic carbocycles. The quantitative estimate of drug-likeness (QED) is 0.765. The predicted molar refractivity (Wildman–Crippen MR) is 87.3 cm³/mol. The Morgan fingerprint density at radius 3 is 2.75 bits per heavy atom. The van der Waals surface area contributed by atoms with E-state index in [1.165, 1.54) is 16.7 Å². The molecule has 0 aliphatic carbocycles. The van der Waals surface area contributed by atoms with E-state index in [1.807, 2.05) is 6.07 Å². The van der Waals surface area contributed by atoms with Gasteiger partial charge in [0.15, 0.2) is 6.61 Å². The summed E-state index contributed by atoms with van der Waals surface area (Å²) in [6, 6.07) is 8.16. The van der Waals surface area contributed by atoms with Crippen molar-refractivity contribution < 1.29 is 24.2 Å². The molecule has 8 heteroatoms. The normalized spacial score (nSPS) is 22.5. The van der Waals surface area contributed by atoms with Gasteiger partial charge in [0.1, 0.15) is 22.9 Å². The van der Waals surface area contributed by atoms with Crippen molar-refractivity contribution in [3.63, 3.8) is 0 Å². The zero-order valence-corrected chi connectivity index (χ0v) is 13.7. The second-order valence-corrected chi connectivity index (χ2v) is 6.60. The van der Waals surface area contributed by atoms with E-state index in [0.717, 1.165) is 0 Å². The van der Waals surface area contributed by atoms with E-state index < -0.39 is 23.8 Å². The standard InChI is InChI=1S/C16H16N2O5S/c1-9-8-24-15-12(14(20)18(15)13(9)16(21)22)17-11(19)7-23-10-5-3-2-4-6-10/h2-6,12,15H,7-8H2,1H3,(H,17,19)(H,21,22)/t12-,15-/m0/s1. The molecular weight excluding hydrogens is 332 g/mol. The van der Waals surface area contributed by atoms with Crippen LogP contribution in [0.5, 0.6) is 5.75 Å². The number of para-hydroxylation sites is 1. The zero-order valence-electron chi connectivity index (χ0n) is 12.9. The van der Waals surface area contributed by atoms with Crippen molar-refractivity contribution in [1.82, 2.24) is 10.2 Å². The second kappa shape index (κ2) is 6.56. The summed E-state index contributed by atoms with van der Waals surface area (Å²) in [6.45, 7) is 1.49. The number of ether oxygens (including phenoxy) is 1. The zero-order chi connectivity index (χ0) is 17.3. The van der Waals surface area contributed by atoms with Gasteiger partial charge < -0.3 is 15.2 Å². The molecular formula is C16H16N2O5S. The number of aliphatic carboxylic acids is 1. The van der Waals surface area contributed by atoms with Gasteiger partial charge in [0.25, 0.3) is 11.8 Å². The summed E-state index contributed by atoms with van der Waals surface area (Å²) >= 11 is 1.44. The van der Waals surface area contributed by atoms with Crippen molar-refractivity contribution in [2.45, 2.75) is 18.3 Å². The van der Waals surface area contributed by atoms with Crippen LogP contribution in [0.25, 0.3) is 0 Å². The van der Waals surface area contributed by atoms with E-state index in [1.54, 1.807) is 31.2 Å². The molecule has 1 aromatic rings. The molecule has 0 bridgehead atoms. The third-order valence-electron chi connectivity index (χ3n) is 3.79. The summed E-state index contributed by atoms with van der Waals surface area (Å²) in [5, 5.41) is 11.5. The molecule has 24 heavy (non-hydrogen) atoms. The molecule has 2 atom stereocenters. The van der Waals surface area contributed by atoms with Gasteiger partial charge in [0, 0.05) is 5.75 Å². The average Bonchev–Trinajstić information content (AvgIpc) is 2.58. The first-order chi connectivity index (χ1) is 11.5. The number of thioether (sulfide) groups is 1. The number of nitrogens with one attached hydrogen (secondary N) is 1. The molecule has 7 nitrogen and oxygen atoms in total. The molecule has 2 aliphatic rings. The van der Waals surface area contributed by atoms with Crippen molar-refractivity contribution in [2.24, 2.45) is 0 Å². The van der Waals surface area contributed by atoms with Crippen molar-refractivity contribution in [1.29, 1.82) is 0 Å². The molecule has 2 heterocycles. The Labute approximate surface area is 142 Å². The number of carbonyl (C=O) groups is 3. The number of hydrogen-bond acceptors (Lipinski definition) is 5. The lowest BCUT2D eigenvalue weighted by molar-refractivity contribution is -0.150. The van der Waals surface area contributed by atoms with Crippen LogP contribution in [-0.4, -0.2) is 51.6 Å². The number of benzene rings is 1. The fourth-order valence-electron chi connectivity index (χ4n) is 2.66. The second-order valence-electron chi connectivity index (χ2n) is 5.49. The number of hydrogen-bond donors (Lipinski definition) is 2. The molecule has 0 unspecified atom stereocenters. The number of carboxylic acid groups (broad SMARTS) is 1. The predicted octanol–water partition coefficient (Wildman–Crippen LogP) is 0.824. The van der Waals surface area contributed by atoms with Crippen LogP contribution in [0.1, 0.15) is 6.92 Å². The van der Waals surface area contributed by atoms with E-state index >= 15 is 0 Å². The molecule has 3 rings (SSSR count). The van der Waals surface area contributed by atoms with Crippen LogP contribution in [0.4, 0.5) is 0 Å². The molecule has 0 saturated carbocycles. The molecule has 0 radical (unpaired) electrons. The van der Waals surface area contributed by atoms with E-state index in [0.29, 0.717) is 17.1 Å². The highest BCUT2D eigenvalue weighted by atomic mass is 32.2. The Morgan fingerprint density at radius 2 is 2.08 bits per heavy atom. The highest BCUT2D eigenvalue weighted by molar-refractivity contribution is 8.00. The first kappa shape index (κ1) is 16.4. The minimum absolute atomic E-state index is 0.0229. The minimum atomic E-state index is -1.12. The topological polar surface area (TPSA) is 95.9 Å². The Balaban J connectivity index is 1.59. The summed E-state index contributed by atoms with van der Waals surface area (Å²) in [5.74, 6) is -0.864. The van der Waals surface area contributed by atoms with E-state index in [9.17, 15) is 19.5 Å². The van der Waals surface area contributed by atoms with Crippen LogP contribution in [0.3, 0.4) is 0 Å². The third-order valence-corrected chi connectivity index (χ3v) is 5.22. The SMILES string of the molecule is CC1=C(C(=O)O)N2C(=O)[C@H](NC(=O)COc3ccccc3)[C@@H]2SC1. The average molecular weight is 348 g/mol. The number of rotatable bonds is 5. The summed E-state index contributed by atoms with van der Waals surface area (Å²) in [7, 11) is 0. The third kappa shape index (κ3) is 2.96. The smallest absolute Gasteiger partial charge is 0.352 e. The van der Waals surface area contributed by atoms with Crippen molar-refractivity contribution >= 4 is 29.5 Å². The van der Waals surface area contributed by atoms with E-state index in [4.69, 9.17) is 4.74 Å². The number of β-lactam (4-membered cyclic amide) rings is 1. The maximum atomic E-state index is 12.2. The Morgan fingerprint density at radius 1 is 1.38 bits per heavy atom. The van der Waals surface area contributed by atoms with Crippen molar-refractivity contribution in [3.8, 4) is 5.75 Å². The molecule has 1 saturated heterocycles. The first-order valence-electron chi connectivity index (χ1n) is 7.34. The number of amides is 2. The summed E-state index contributed by atoms with van der Waals surface area (Å²) in [5.41, 5.74) is 0.670. The van der Waals surface area contributed by atoms with Crippen molar-refractivity contribution in [2.75, 3.05) is 12.4 Å². The van der Waals surface area contributed by atoms with Crippen molar-refractivity contribution in [3.05, 3.63) is 41.6 Å². The number of carbonyl (C=O) groups excluding carboxylic acids is 2. The molecule has 0 spiro atoms. The fraction of sp³-hybridized carbons (Fsp3) is 0.312. The monoisotopic (exact) mass is 348 g/mol. The van der Waals surface area contributed by atoms with Crippen LogP contribution in [0, 0.1) is 0 Å².